The largest absolute Gasteiger partial charge is 0.472 e. The summed E-state index contributed by atoms with van der Waals surface area (Å²) in [5.41, 5.74) is 6.93. The molecule has 0 bridgehead atoms. The van der Waals surface area contributed by atoms with Crippen LogP contribution in [0, 0.1) is 0 Å². The Balaban J connectivity index is 1.97. The molecule has 1 aromatic rings. The minimum Gasteiger partial charge on any atom is -0.472 e. The SMILES string of the molecule is CC(c1ccoc1)N1CC(N)C1. The van der Waals surface area contributed by atoms with Gasteiger partial charge in [0.15, 0.2) is 0 Å². The standard InChI is InChI=1S/C9H14N2O/c1-7(8-2-3-12-6-8)11-4-9(10)5-11/h2-3,6-7,9H,4-5,10H2,1H3. The van der Waals surface area contributed by atoms with E-state index in [0.717, 1.165) is 13.1 Å². The van der Waals surface area contributed by atoms with Gasteiger partial charge in [-0.3, -0.25) is 4.90 Å². The van der Waals surface area contributed by atoms with Gasteiger partial charge < -0.3 is 10.2 Å². The molecule has 1 fully saturated rings. The summed E-state index contributed by atoms with van der Waals surface area (Å²) in [6.07, 6.45) is 3.51. The number of likely N-dealkylation sites (tertiary alicyclic amines) is 1. The smallest absolute Gasteiger partial charge is 0.0950 e. The van der Waals surface area contributed by atoms with Crippen molar-refractivity contribution in [3.63, 3.8) is 0 Å². The van der Waals surface area contributed by atoms with Gasteiger partial charge in [0.2, 0.25) is 0 Å². The molecule has 1 aromatic heterocycles. The highest BCUT2D eigenvalue weighted by Crippen LogP contribution is 2.24. The van der Waals surface area contributed by atoms with Crippen molar-refractivity contribution in [3.05, 3.63) is 24.2 Å². The second kappa shape index (κ2) is 2.92. The van der Waals surface area contributed by atoms with Crippen molar-refractivity contribution in [2.45, 2.75) is 19.0 Å². The van der Waals surface area contributed by atoms with Crippen molar-refractivity contribution >= 4 is 0 Å². The van der Waals surface area contributed by atoms with E-state index in [1.165, 1.54) is 5.56 Å². The molecule has 3 nitrogen and oxygen atoms in total. The quantitative estimate of drug-likeness (QED) is 0.712. The average Bonchev–Trinajstić information content (AvgIpc) is 2.49. The van der Waals surface area contributed by atoms with Crippen molar-refractivity contribution in [3.8, 4) is 0 Å². The number of rotatable bonds is 2. The Morgan fingerprint density at radius 2 is 2.42 bits per heavy atom. The van der Waals surface area contributed by atoms with Crippen LogP contribution in [0.4, 0.5) is 0 Å². The first-order valence-corrected chi connectivity index (χ1v) is 4.29. The number of nitrogens with two attached hydrogens (primary N) is 1. The minimum atomic E-state index is 0.374. The fraction of sp³-hybridized carbons (Fsp3) is 0.556. The predicted molar refractivity (Wildman–Crippen MR) is 46.7 cm³/mol. The molecule has 0 saturated carbocycles. The molecule has 1 saturated heterocycles. The van der Waals surface area contributed by atoms with Gasteiger partial charge in [0.1, 0.15) is 0 Å². The summed E-state index contributed by atoms with van der Waals surface area (Å²) >= 11 is 0. The van der Waals surface area contributed by atoms with Crippen LogP contribution in [-0.4, -0.2) is 24.0 Å². The molecule has 66 valence electrons. The number of furan rings is 1. The Hall–Kier alpha value is -0.800. The lowest BCUT2D eigenvalue weighted by atomic mass is 10.0. The molecule has 0 aromatic carbocycles. The molecule has 2 rings (SSSR count). The highest BCUT2D eigenvalue weighted by Gasteiger charge is 2.28. The molecule has 2 N–H and O–H groups in total. The van der Waals surface area contributed by atoms with E-state index in [2.05, 4.69) is 11.8 Å². The third kappa shape index (κ3) is 1.26. The van der Waals surface area contributed by atoms with E-state index in [-0.39, 0.29) is 0 Å². The Kier molecular flexibility index (Phi) is 1.90. The van der Waals surface area contributed by atoms with Crippen molar-refractivity contribution in [1.29, 1.82) is 0 Å². The predicted octanol–water partition coefficient (Wildman–Crippen LogP) is 0.983. The van der Waals surface area contributed by atoms with E-state index in [4.69, 9.17) is 10.2 Å². The van der Waals surface area contributed by atoms with E-state index < -0.39 is 0 Å². The van der Waals surface area contributed by atoms with E-state index in [9.17, 15) is 0 Å². The molecule has 2 heterocycles. The highest BCUT2D eigenvalue weighted by atomic mass is 16.3. The summed E-state index contributed by atoms with van der Waals surface area (Å²) in [5.74, 6) is 0. The summed E-state index contributed by atoms with van der Waals surface area (Å²) in [6.45, 7) is 4.19. The average molecular weight is 166 g/mol. The van der Waals surface area contributed by atoms with Gasteiger partial charge in [-0.25, -0.2) is 0 Å². The van der Waals surface area contributed by atoms with Gasteiger partial charge in [0, 0.05) is 30.7 Å². The van der Waals surface area contributed by atoms with Crippen molar-refractivity contribution < 1.29 is 4.42 Å². The van der Waals surface area contributed by atoms with Gasteiger partial charge in [-0.15, -0.1) is 0 Å². The van der Waals surface area contributed by atoms with Crippen molar-refractivity contribution in [2.24, 2.45) is 5.73 Å². The first-order chi connectivity index (χ1) is 5.77. The second-order valence-corrected chi connectivity index (χ2v) is 3.45. The zero-order valence-corrected chi connectivity index (χ0v) is 7.23. The molecule has 12 heavy (non-hydrogen) atoms. The fourth-order valence-corrected chi connectivity index (χ4v) is 1.59. The second-order valence-electron chi connectivity index (χ2n) is 3.45. The molecule has 1 aliphatic heterocycles. The summed E-state index contributed by atoms with van der Waals surface area (Å²) in [6, 6.07) is 2.83. The van der Waals surface area contributed by atoms with Crippen LogP contribution in [0.15, 0.2) is 23.0 Å². The molecular weight excluding hydrogens is 152 g/mol. The topological polar surface area (TPSA) is 42.4 Å². The van der Waals surface area contributed by atoms with E-state index in [1.54, 1.807) is 12.5 Å². The maximum atomic E-state index is 5.69. The number of hydrogen-bond donors (Lipinski definition) is 1. The first-order valence-electron chi connectivity index (χ1n) is 4.29. The highest BCUT2D eigenvalue weighted by molar-refractivity contribution is 5.12. The molecule has 3 heteroatoms. The lowest BCUT2D eigenvalue weighted by Gasteiger charge is -2.40. The van der Waals surface area contributed by atoms with Crippen LogP contribution in [0.2, 0.25) is 0 Å². The van der Waals surface area contributed by atoms with Crippen LogP contribution in [-0.2, 0) is 0 Å². The first kappa shape index (κ1) is 7.83. The third-order valence-electron chi connectivity index (χ3n) is 2.51. The van der Waals surface area contributed by atoms with Gasteiger partial charge in [-0.2, -0.15) is 0 Å². The lowest BCUT2D eigenvalue weighted by molar-refractivity contribution is 0.103. The Labute approximate surface area is 72.1 Å². The number of hydrogen-bond acceptors (Lipinski definition) is 3. The maximum absolute atomic E-state index is 5.69. The lowest BCUT2D eigenvalue weighted by Crippen LogP contribution is -2.56. The van der Waals surface area contributed by atoms with Crippen molar-refractivity contribution in [2.75, 3.05) is 13.1 Å². The molecule has 0 amide bonds. The number of nitrogens with zero attached hydrogens (tertiary/aromatic N) is 1. The van der Waals surface area contributed by atoms with Crippen LogP contribution in [0.1, 0.15) is 18.5 Å². The monoisotopic (exact) mass is 166 g/mol. The normalized spacial score (nSPS) is 22.2. The molecule has 0 spiro atoms. The molecular formula is C9H14N2O. The van der Waals surface area contributed by atoms with Crippen LogP contribution >= 0.6 is 0 Å². The Morgan fingerprint density at radius 3 is 2.92 bits per heavy atom. The van der Waals surface area contributed by atoms with E-state index in [1.807, 2.05) is 6.07 Å². The maximum Gasteiger partial charge on any atom is 0.0950 e. The van der Waals surface area contributed by atoms with Gasteiger partial charge in [0.05, 0.1) is 12.5 Å². The van der Waals surface area contributed by atoms with Gasteiger partial charge >= 0.3 is 0 Å². The van der Waals surface area contributed by atoms with E-state index >= 15 is 0 Å². The molecule has 1 unspecified atom stereocenters. The molecule has 0 aliphatic carbocycles. The summed E-state index contributed by atoms with van der Waals surface area (Å²) in [4.78, 5) is 2.34. The molecule has 1 aliphatic rings. The van der Waals surface area contributed by atoms with E-state index in [0.29, 0.717) is 12.1 Å². The molecule has 0 radical (unpaired) electrons. The minimum absolute atomic E-state index is 0.374. The van der Waals surface area contributed by atoms with Gasteiger partial charge in [0.25, 0.3) is 0 Å². The zero-order chi connectivity index (χ0) is 8.55. The molecule has 1 atom stereocenters. The van der Waals surface area contributed by atoms with Crippen LogP contribution in [0.3, 0.4) is 0 Å². The van der Waals surface area contributed by atoms with Crippen LogP contribution < -0.4 is 5.73 Å². The van der Waals surface area contributed by atoms with Crippen LogP contribution in [0.25, 0.3) is 0 Å². The third-order valence-corrected chi connectivity index (χ3v) is 2.51. The fourth-order valence-electron chi connectivity index (χ4n) is 1.59. The van der Waals surface area contributed by atoms with Gasteiger partial charge in [-0.1, -0.05) is 0 Å². The Morgan fingerprint density at radius 1 is 1.67 bits per heavy atom. The van der Waals surface area contributed by atoms with Gasteiger partial charge in [-0.05, 0) is 13.0 Å². The summed E-state index contributed by atoms with van der Waals surface area (Å²) < 4.78 is 5.02. The Bertz CT molecular complexity index is 239. The summed E-state index contributed by atoms with van der Waals surface area (Å²) in [7, 11) is 0. The zero-order valence-electron chi connectivity index (χ0n) is 7.23. The van der Waals surface area contributed by atoms with Crippen molar-refractivity contribution in [1.82, 2.24) is 4.90 Å². The summed E-state index contributed by atoms with van der Waals surface area (Å²) in [5, 5.41) is 0. The van der Waals surface area contributed by atoms with Crippen LogP contribution in [0.5, 0.6) is 0 Å².